The second-order valence-corrected chi connectivity index (χ2v) is 17.5. The number of ketones is 1. The number of rotatable bonds is 13. The highest BCUT2D eigenvalue weighted by atomic mass is 35.5. The van der Waals surface area contributed by atoms with Crippen molar-refractivity contribution in [1.82, 2.24) is 25.1 Å². The summed E-state index contributed by atoms with van der Waals surface area (Å²) < 4.78 is 12.4. The standard InChI is InChI=1S/C45H50ClN7O7/c1-26(2)52(29-19-33(20-29)60-31-8-10-34-35(21-31)45(58)53(44(34)57)39-12-13-42(55)50-43(39)56)25-28-14-16-51(17-15-28)41-24-48-38(23-49-41)40(54)18-27-4-6-30(7-5-27)59-32-9-11-37(47-3)36(46)22-32/h8-11,21-24,26-30,33,39H,4-7,12-20,25H2,1-2H3,(H,50,55,56). The van der Waals surface area contributed by atoms with Crippen LogP contribution in [-0.4, -0.2) is 99.1 Å². The second kappa shape index (κ2) is 17.7. The number of halogens is 1. The van der Waals surface area contributed by atoms with Crippen molar-refractivity contribution < 1.29 is 33.4 Å². The molecule has 2 aromatic carbocycles. The largest absolute Gasteiger partial charge is 0.490 e. The molecule has 15 heteroatoms. The first-order valence-electron chi connectivity index (χ1n) is 21.2. The Balaban J connectivity index is 0.761. The van der Waals surface area contributed by atoms with Crippen LogP contribution in [0, 0.1) is 18.4 Å². The average Bonchev–Trinajstić information content (AvgIpc) is 3.47. The number of nitrogens with one attached hydrogen (secondary N) is 1. The van der Waals surface area contributed by atoms with Gasteiger partial charge in [-0.3, -0.25) is 39.1 Å². The third kappa shape index (κ3) is 8.88. The number of piperidine rings is 2. The first-order valence-corrected chi connectivity index (χ1v) is 21.5. The summed E-state index contributed by atoms with van der Waals surface area (Å²) in [7, 11) is 0. The molecule has 2 aliphatic carbocycles. The van der Waals surface area contributed by atoms with Gasteiger partial charge in [0.1, 0.15) is 35.2 Å². The number of carbonyl (C=O) groups excluding carboxylic acids is 5. The first kappa shape index (κ1) is 41.3. The molecule has 0 radical (unpaired) electrons. The van der Waals surface area contributed by atoms with E-state index >= 15 is 0 Å². The van der Waals surface area contributed by atoms with E-state index in [1.54, 1.807) is 48.8 Å². The van der Waals surface area contributed by atoms with Crippen molar-refractivity contribution >= 4 is 52.5 Å². The summed E-state index contributed by atoms with van der Waals surface area (Å²) in [6.45, 7) is 14.4. The summed E-state index contributed by atoms with van der Waals surface area (Å²) in [6, 6.07) is 9.78. The molecular weight excluding hydrogens is 786 g/mol. The Morgan fingerprint density at radius 2 is 1.58 bits per heavy atom. The van der Waals surface area contributed by atoms with Crippen LogP contribution >= 0.6 is 11.6 Å². The second-order valence-electron chi connectivity index (χ2n) is 17.1. The molecule has 0 spiro atoms. The Kier molecular flexibility index (Phi) is 12.2. The van der Waals surface area contributed by atoms with Gasteiger partial charge >= 0.3 is 0 Å². The number of carbonyl (C=O) groups is 5. The Bertz CT molecular complexity index is 2190. The van der Waals surface area contributed by atoms with Crippen LogP contribution in [0.2, 0.25) is 5.02 Å². The van der Waals surface area contributed by atoms with E-state index in [-0.39, 0.29) is 47.9 Å². The molecule has 0 bridgehead atoms. The number of hydrogen-bond donors (Lipinski definition) is 1. The third-order valence-corrected chi connectivity index (χ3v) is 13.2. The highest BCUT2D eigenvalue weighted by molar-refractivity contribution is 6.33. The highest BCUT2D eigenvalue weighted by Gasteiger charge is 2.45. The van der Waals surface area contributed by atoms with Crippen LogP contribution in [-0.2, 0) is 9.59 Å². The van der Waals surface area contributed by atoms with Crippen LogP contribution in [0.5, 0.6) is 11.5 Å². The van der Waals surface area contributed by atoms with Gasteiger partial charge in [-0.2, -0.15) is 0 Å². The monoisotopic (exact) mass is 835 g/mol. The number of anilines is 1. The minimum Gasteiger partial charge on any atom is -0.490 e. The first-order chi connectivity index (χ1) is 28.9. The molecule has 2 saturated carbocycles. The van der Waals surface area contributed by atoms with Crippen LogP contribution in [0.15, 0.2) is 48.8 Å². The molecule has 1 unspecified atom stereocenters. The zero-order valence-electron chi connectivity index (χ0n) is 34.0. The number of nitrogens with zero attached hydrogens (tertiary/aromatic N) is 6. The molecule has 8 rings (SSSR count). The topological polar surface area (TPSA) is 156 Å². The van der Waals surface area contributed by atoms with Gasteiger partial charge < -0.3 is 14.4 Å². The molecule has 14 nitrogen and oxygen atoms in total. The Morgan fingerprint density at radius 1 is 0.883 bits per heavy atom. The lowest BCUT2D eigenvalue weighted by atomic mass is 9.84. The molecule has 5 aliphatic rings. The lowest BCUT2D eigenvalue weighted by Gasteiger charge is -2.46. The number of fused-ring (bicyclic) bond motifs is 1. The SMILES string of the molecule is [C-]#[N+]c1ccc(OC2CCC(CC(=O)c3cnc(N4CCC(CN(C(C)C)C5CC(Oc6ccc7c(c6)C(=O)N(C6CCC(=O)NC6=O)C7=O)C5)CC4)cn3)CC2)cc1Cl. The fourth-order valence-electron chi connectivity index (χ4n) is 9.34. The lowest BCUT2D eigenvalue weighted by molar-refractivity contribution is -0.136. The fraction of sp³-hybridized carbons (Fsp3) is 0.511. The molecule has 60 heavy (non-hydrogen) atoms. The maximum absolute atomic E-state index is 13.3. The number of hydrogen-bond acceptors (Lipinski definition) is 11. The van der Waals surface area contributed by atoms with Crippen LogP contribution < -0.4 is 19.7 Å². The van der Waals surface area contributed by atoms with Crippen molar-refractivity contribution in [3.63, 3.8) is 0 Å². The predicted molar refractivity (Wildman–Crippen MR) is 222 cm³/mol. The number of benzene rings is 2. The zero-order chi connectivity index (χ0) is 42.1. The van der Waals surface area contributed by atoms with Gasteiger partial charge in [0.25, 0.3) is 11.8 Å². The Hall–Kier alpha value is -5.39. The third-order valence-electron chi connectivity index (χ3n) is 12.9. The molecule has 314 valence electrons. The lowest BCUT2D eigenvalue weighted by Crippen LogP contribution is -2.54. The number of Topliss-reactive ketones (excluding diaryl/α,β-unsaturated/α-hetero) is 1. The van der Waals surface area contributed by atoms with Gasteiger partial charge in [-0.15, -0.1) is 0 Å². The van der Waals surface area contributed by atoms with Crippen LogP contribution in [0.25, 0.3) is 4.85 Å². The van der Waals surface area contributed by atoms with E-state index in [0.717, 1.165) is 81.7 Å². The van der Waals surface area contributed by atoms with Gasteiger partial charge in [-0.05, 0) is 101 Å². The van der Waals surface area contributed by atoms with E-state index in [1.165, 1.54) is 0 Å². The maximum atomic E-state index is 13.3. The number of ether oxygens (including phenoxy) is 2. The van der Waals surface area contributed by atoms with Crippen molar-refractivity contribution in [1.29, 1.82) is 0 Å². The Labute approximate surface area is 354 Å². The predicted octanol–water partition coefficient (Wildman–Crippen LogP) is 6.83. The van der Waals surface area contributed by atoms with Crippen LogP contribution in [0.3, 0.4) is 0 Å². The molecule has 3 aliphatic heterocycles. The molecule has 4 amide bonds. The van der Waals surface area contributed by atoms with E-state index in [4.69, 9.17) is 27.6 Å². The molecule has 1 N–H and O–H groups in total. The van der Waals surface area contributed by atoms with Crippen LogP contribution in [0.4, 0.5) is 11.5 Å². The molecule has 1 aromatic heterocycles. The van der Waals surface area contributed by atoms with Crippen molar-refractivity contribution in [3.8, 4) is 11.5 Å². The van der Waals surface area contributed by atoms with Gasteiger partial charge in [0, 0.05) is 57.4 Å². The van der Waals surface area contributed by atoms with Gasteiger partial charge in [-0.25, -0.2) is 14.8 Å². The molecule has 3 aromatic rings. The summed E-state index contributed by atoms with van der Waals surface area (Å²) in [5.74, 6) is 0.714. The summed E-state index contributed by atoms with van der Waals surface area (Å²) in [6.07, 6.45) is 11.3. The normalized spacial score (nSPS) is 24.6. The van der Waals surface area contributed by atoms with E-state index in [2.05, 4.69) is 43.8 Å². The molecule has 2 saturated heterocycles. The quantitative estimate of drug-likeness (QED) is 0.109. The van der Waals surface area contributed by atoms with E-state index in [9.17, 15) is 24.0 Å². The minimum atomic E-state index is -1.00. The van der Waals surface area contributed by atoms with Gasteiger partial charge in [0.15, 0.2) is 5.78 Å². The smallest absolute Gasteiger partial charge is 0.262 e. The minimum absolute atomic E-state index is 0.0140. The number of amides is 4. The summed E-state index contributed by atoms with van der Waals surface area (Å²) >= 11 is 6.17. The van der Waals surface area contributed by atoms with Gasteiger partial charge in [0.05, 0.1) is 41.2 Å². The Morgan fingerprint density at radius 3 is 2.25 bits per heavy atom. The maximum Gasteiger partial charge on any atom is 0.262 e. The summed E-state index contributed by atoms with van der Waals surface area (Å²) in [4.78, 5) is 82.0. The van der Waals surface area contributed by atoms with Crippen molar-refractivity contribution in [2.75, 3.05) is 24.5 Å². The van der Waals surface area contributed by atoms with Gasteiger partial charge in [0.2, 0.25) is 17.5 Å². The average molecular weight is 836 g/mol. The van der Waals surface area contributed by atoms with E-state index in [1.807, 2.05) is 0 Å². The zero-order valence-corrected chi connectivity index (χ0v) is 34.7. The van der Waals surface area contributed by atoms with Crippen LogP contribution in [0.1, 0.15) is 116 Å². The molecular formula is C45H50ClN7O7. The fourth-order valence-corrected chi connectivity index (χ4v) is 9.55. The number of imide groups is 2. The van der Waals surface area contributed by atoms with E-state index < -0.39 is 29.7 Å². The highest BCUT2D eigenvalue weighted by Crippen LogP contribution is 2.37. The molecule has 4 fully saturated rings. The van der Waals surface area contributed by atoms with Crippen molar-refractivity contribution in [2.45, 2.75) is 115 Å². The molecule has 4 heterocycles. The summed E-state index contributed by atoms with van der Waals surface area (Å²) in [5.41, 5.74) is 1.27. The number of aromatic nitrogens is 2. The molecule has 1 atom stereocenters. The van der Waals surface area contributed by atoms with Gasteiger partial charge in [-0.1, -0.05) is 17.7 Å². The van der Waals surface area contributed by atoms with E-state index in [0.29, 0.717) is 52.3 Å². The van der Waals surface area contributed by atoms with Crippen molar-refractivity contribution in [3.05, 3.63) is 82.1 Å². The van der Waals surface area contributed by atoms with Crippen molar-refractivity contribution in [2.24, 2.45) is 11.8 Å². The summed E-state index contributed by atoms with van der Waals surface area (Å²) in [5, 5.41) is 2.62.